The molecule has 0 bridgehead atoms. The van der Waals surface area contributed by atoms with Gasteiger partial charge in [0.1, 0.15) is 0 Å². The molecule has 1 aromatic carbocycles. The molecule has 1 atom stereocenters. The second-order valence-electron chi connectivity index (χ2n) is 4.81. The lowest BCUT2D eigenvalue weighted by atomic mass is 9.99. The molecule has 1 aliphatic rings. The molecule has 1 N–H and O–H groups in total. The van der Waals surface area contributed by atoms with Gasteiger partial charge in [-0.05, 0) is 31.5 Å². The molecule has 98 valence electrons. The van der Waals surface area contributed by atoms with Gasteiger partial charge < -0.3 is 5.32 Å². The zero-order valence-corrected chi connectivity index (χ0v) is 10.4. The Morgan fingerprint density at radius 2 is 2.17 bits per heavy atom. The summed E-state index contributed by atoms with van der Waals surface area (Å²) in [5, 5.41) is 2.85. The van der Waals surface area contributed by atoms with Crippen LogP contribution < -0.4 is 5.32 Å². The highest BCUT2D eigenvalue weighted by molar-refractivity contribution is 5.92. The molecule has 1 amide bonds. The van der Waals surface area contributed by atoms with Gasteiger partial charge in [-0.3, -0.25) is 14.1 Å². The van der Waals surface area contributed by atoms with E-state index in [9.17, 15) is 9.18 Å². The summed E-state index contributed by atoms with van der Waals surface area (Å²) in [5.74, 6) is 0.0731. The Balaban J connectivity index is 1.80. The largest absolute Gasteiger partial charge is 0.325 e. The van der Waals surface area contributed by atoms with Gasteiger partial charge in [-0.1, -0.05) is 18.2 Å². The van der Waals surface area contributed by atoms with Crippen molar-refractivity contribution in [1.82, 2.24) is 4.90 Å². The molecule has 0 radical (unpaired) electrons. The number of benzene rings is 1. The minimum atomic E-state index is -0.281. The smallest absolute Gasteiger partial charge is 0.238 e. The van der Waals surface area contributed by atoms with E-state index in [4.69, 9.17) is 0 Å². The molecule has 2 rings (SSSR count). The minimum absolute atomic E-state index is 0.0271. The first-order valence-electron chi connectivity index (χ1n) is 6.41. The summed E-state index contributed by atoms with van der Waals surface area (Å²) in [6, 6.07) is 9.40. The maximum absolute atomic E-state index is 12.6. The van der Waals surface area contributed by atoms with E-state index in [2.05, 4.69) is 5.32 Å². The van der Waals surface area contributed by atoms with Crippen LogP contribution in [-0.2, 0) is 4.79 Å². The number of carbonyl (C=O) groups is 1. The second-order valence-corrected chi connectivity index (χ2v) is 4.81. The van der Waals surface area contributed by atoms with Gasteiger partial charge in [0.05, 0.1) is 13.2 Å². The van der Waals surface area contributed by atoms with Crippen molar-refractivity contribution >= 4 is 11.6 Å². The maximum Gasteiger partial charge on any atom is 0.238 e. The van der Waals surface area contributed by atoms with E-state index >= 15 is 0 Å². The lowest BCUT2D eigenvalue weighted by Gasteiger charge is -2.30. The summed E-state index contributed by atoms with van der Waals surface area (Å²) < 4.78 is 12.6. The van der Waals surface area contributed by atoms with Crippen molar-refractivity contribution in [2.45, 2.75) is 12.8 Å². The summed E-state index contributed by atoms with van der Waals surface area (Å²) in [5.41, 5.74) is 0.807. The number of rotatable bonds is 4. The maximum atomic E-state index is 12.6. The monoisotopic (exact) mass is 250 g/mol. The van der Waals surface area contributed by atoms with Crippen molar-refractivity contribution in [3.63, 3.8) is 0 Å². The summed E-state index contributed by atoms with van der Waals surface area (Å²) in [4.78, 5) is 13.9. The van der Waals surface area contributed by atoms with E-state index < -0.39 is 0 Å². The average molecular weight is 250 g/mol. The van der Waals surface area contributed by atoms with E-state index in [1.807, 2.05) is 35.2 Å². The Kier molecular flexibility index (Phi) is 4.70. The molecular weight excluding hydrogens is 231 g/mol. The number of hydrogen-bond acceptors (Lipinski definition) is 2. The number of para-hydroxylation sites is 1. The number of nitrogens with zero attached hydrogens (tertiary/aromatic N) is 1. The van der Waals surface area contributed by atoms with E-state index in [1.54, 1.807) is 0 Å². The highest BCUT2D eigenvalue weighted by Gasteiger charge is 2.21. The first-order valence-corrected chi connectivity index (χ1v) is 6.41. The number of alkyl halides is 1. The van der Waals surface area contributed by atoms with Crippen molar-refractivity contribution in [2.24, 2.45) is 5.92 Å². The van der Waals surface area contributed by atoms with Gasteiger partial charge in [0.25, 0.3) is 0 Å². The van der Waals surface area contributed by atoms with Crippen molar-refractivity contribution < 1.29 is 9.18 Å². The fourth-order valence-electron chi connectivity index (χ4n) is 2.35. The molecule has 4 heteroatoms. The van der Waals surface area contributed by atoms with E-state index in [0.29, 0.717) is 13.1 Å². The summed E-state index contributed by atoms with van der Waals surface area (Å²) in [6.07, 6.45) is 1.92. The van der Waals surface area contributed by atoms with Gasteiger partial charge in [0.15, 0.2) is 0 Å². The molecule has 1 saturated heterocycles. The van der Waals surface area contributed by atoms with Crippen molar-refractivity contribution in [3.8, 4) is 0 Å². The molecule has 1 unspecified atom stereocenters. The lowest BCUT2D eigenvalue weighted by molar-refractivity contribution is -0.117. The topological polar surface area (TPSA) is 32.3 Å². The number of piperidine rings is 1. The first-order chi connectivity index (χ1) is 8.78. The SMILES string of the molecule is O=C(CN1CCCC(CF)C1)Nc1ccccc1. The van der Waals surface area contributed by atoms with E-state index in [1.165, 1.54) is 0 Å². The summed E-state index contributed by atoms with van der Waals surface area (Å²) in [7, 11) is 0. The van der Waals surface area contributed by atoms with Gasteiger partial charge in [-0.25, -0.2) is 0 Å². The molecule has 1 heterocycles. The Morgan fingerprint density at radius 1 is 1.39 bits per heavy atom. The fraction of sp³-hybridized carbons (Fsp3) is 0.500. The van der Waals surface area contributed by atoms with Crippen LogP contribution in [0.3, 0.4) is 0 Å². The zero-order chi connectivity index (χ0) is 12.8. The van der Waals surface area contributed by atoms with Gasteiger partial charge in [-0.15, -0.1) is 0 Å². The van der Waals surface area contributed by atoms with Gasteiger partial charge >= 0.3 is 0 Å². The number of halogens is 1. The zero-order valence-electron chi connectivity index (χ0n) is 10.4. The van der Waals surface area contributed by atoms with Crippen molar-refractivity contribution in [1.29, 1.82) is 0 Å². The normalized spacial score (nSPS) is 20.6. The highest BCUT2D eigenvalue weighted by Crippen LogP contribution is 2.16. The number of likely N-dealkylation sites (tertiary alicyclic amines) is 1. The molecule has 1 aromatic rings. The molecule has 0 aromatic heterocycles. The molecule has 1 aliphatic heterocycles. The van der Waals surface area contributed by atoms with Crippen LogP contribution in [0.15, 0.2) is 30.3 Å². The molecule has 0 aliphatic carbocycles. The van der Waals surface area contributed by atoms with Crippen LogP contribution in [0.25, 0.3) is 0 Å². The fourth-order valence-corrected chi connectivity index (χ4v) is 2.35. The second kappa shape index (κ2) is 6.50. The van der Waals surface area contributed by atoms with Crippen molar-refractivity contribution in [3.05, 3.63) is 30.3 Å². The van der Waals surface area contributed by atoms with Crippen LogP contribution in [0.5, 0.6) is 0 Å². The first kappa shape index (κ1) is 13.0. The molecule has 0 spiro atoms. The van der Waals surface area contributed by atoms with Gasteiger partial charge in [0, 0.05) is 18.2 Å². The Morgan fingerprint density at radius 3 is 2.89 bits per heavy atom. The third-order valence-electron chi connectivity index (χ3n) is 3.25. The standard InChI is InChI=1S/C14H19FN2O/c15-9-12-5-4-8-17(10-12)11-14(18)16-13-6-2-1-3-7-13/h1-3,6-7,12H,4-5,8-11H2,(H,16,18). The Hall–Kier alpha value is -1.42. The van der Waals surface area contributed by atoms with Crippen LogP contribution in [0, 0.1) is 5.92 Å². The molecule has 1 fully saturated rings. The number of amides is 1. The number of carbonyl (C=O) groups excluding carboxylic acids is 1. The predicted molar refractivity (Wildman–Crippen MR) is 70.2 cm³/mol. The summed E-state index contributed by atoms with van der Waals surface area (Å²) >= 11 is 0. The molecule has 3 nitrogen and oxygen atoms in total. The van der Waals surface area contributed by atoms with Crippen LogP contribution >= 0.6 is 0 Å². The third-order valence-corrected chi connectivity index (χ3v) is 3.25. The van der Waals surface area contributed by atoms with E-state index in [0.717, 1.165) is 25.1 Å². The number of anilines is 1. The van der Waals surface area contributed by atoms with Gasteiger partial charge in [-0.2, -0.15) is 0 Å². The Bertz CT molecular complexity index is 383. The molecule has 18 heavy (non-hydrogen) atoms. The van der Waals surface area contributed by atoms with Crippen LogP contribution in [0.1, 0.15) is 12.8 Å². The third kappa shape index (κ3) is 3.81. The molecule has 0 saturated carbocycles. The Labute approximate surface area is 107 Å². The van der Waals surface area contributed by atoms with Crippen LogP contribution in [0.2, 0.25) is 0 Å². The van der Waals surface area contributed by atoms with Crippen LogP contribution in [0.4, 0.5) is 10.1 Å². The average Bonchev–Trinajstić information content (AvgIpc) is 2.40. The summed E-state index contributed by atoms with van der Waals surface area (Å²) in [6.45, 7) is 1.65. The number of nitrogens with one attached hydrogen (secondary N) is 1. The number of hydrogen-bond donors (Lipinski definition) is 1. The minimum Gasteiger partial charge on any atom is -0.325 e. The molecular formula is C14H19FN2O. The van der Waals surface area contributed by atoms with Gasteiger partial charge in [0.2, 0.25) is 5.91 Å². The highest BCUT2D eigenvalue weighted by atomic mass is 19.1. The lowest BCUT2D eigenvalue weighted by Crippen LogP contribution is -2.41. The quantitative estimate of drug-likeness (QED) is 0.889. The predicted octanol–water partition coefficient (Wildman–Crippen LogP) is 2.31. The van der Waals surface area contributed by atoms with Crippen LogP contribution in [-0.4, -0.2) is 37.1 Å². The van der Waals surface area contributed by atoms with Crippen molar-refractivity contribution in [2.75, 3.05) is 31.6 Å². The van der Waals surface area contributed by atoms with E-state index in [-0.39, 0.29) is 18.5 Å².